The van der Waals surface area contributed by atoms with Crippen LogP contribution in [0.2, 0.25) is 0 Å². The summed E-state index contributed by atoms with van der Waals surface area (Å²) in [6.45, 7) is 0.448. The van der Waals surface area contributed by atoms with Crippen molar-refractivity contribution in [2.24, 2.45) is 0 Å². The number of para-hydroxylation sites is 1. The minimum Gasteiger partial charge on any atom is -0.481 e. The number of fused-ring (bicyclic) bond motifs is 1. The summed E-state index contributed by atoms with van der Waals surface area (Å²) >= 11 is 0. The smallest absolute Gasteiger partial charge is 0.322 e. The lowest BCUT2D eigenvalue weighted by atomic mass is 10.2. The number of amides is 2. The number of carboxylic acid groups (broad SMARTS) is 1. The Bertz CT molecular complexity index is 490. The van der Waals surface area contributed by atoms with Crippen LogP contribution in [0.15, 0.2) is 18.2 Å². The average molecular weight is 252 g/mol. The SMILES string of the molecule is O=C(O)CCNC(=O)N1CCc2cccc(F)c21. The van der Waals surface area contributed by atoms with E-state index in [0.717, 1.165) is 5.56 Å². The zero-order valence-electron chi connectivity index (χ0n) is 9.65. The van der Waals surface area contributed by atoms with Gasteiger partial charge in [0.1, 0.15) is 5.82 Å². The molecule has 2 amide bonds. The molecule has 6 heteroatoms. The van der Waals surface area contributed by atoms with Gasteiger partial charge in [-0.15, -0.1) is 0 Å². The van der Waals surface area contributed by atoms with E-state index in [4.69, 9.17) is 5.11 Å². The molecule has 18 heavy (non-hydrogen) atoms. The van der Waals surface area contributed by atoms with E-state index in [0.29, 0.717) is 18.7 Å². The molecular formula is C12H13FN2O3. The van der Waals surface area contributed by atoms with Crippen molar-refractivity contribution in [3.63, 3.8) is 0 Å². The summed E-state index contributed by atoms with van der Waals surface area (Å²) in [6, 6.07) is 4.24. The Morgan fingerprint density at radius 2 is 2.22 bits per heavy atom. The van der Waals surface area contributed by atoms with Gasteiger partial charge in [0.25, 0.3) is 0 Å². The molecule has 0 saturated carbocycles. The van der Waals surface area contributed by atoms with Crippen molar-refractivity contribution in [3.05, 3.63) is 29.6 Å². The zero-order chi connectivity index (χ0) is 13.1. The number of carboxylic acids is 1. The third-order valence-electron chi connectivity index (χ3n) is 2.81. The topological polar surface area (TPSA) is 69.6 Å². The molecule has 1 aromatic rings. The second-order valence-electron chi connectivity index (χ2n) is 4.02. The van der Waals surface area contributed by atoms with Crippen molar-refractivity contribution in [1.82, 2.24) is 5.32 Å². The van der Waals surface area contributed by atoms with Crippen molar-refractivity contribution >= 4 is 17.7 Å². The quantitative estimate of drug-likeness (QED) is 0.853. The molecule has 0 saturated heterocycles. The first kappa shape index (κ1) is 12.3. The van der Waals surface area contributed by atoms with Crippen LogP contribution in [0.3, 0.4) is 0 Å². The number of carbonyl (C=O) groups is 2. The molecule has 0 fully saturated rings. The van der Waals surface area contributed by atoms with E-state index >= 15 is 0 Å². The van der Waals surface area contributed by atoms with Crippen LogP contribution in [-0.4, -0.2) is 30.2 Å². The summed E-state index contributed by atoms with van der Waals surface area (Å²) in [6.07, 6.45) is 0.461. The van der Waals surface area contributed by atoms with Crippen LogP contribution in [0.1, 0.15) is 12.0 Å². The lowest BCUT2D eigenvalue weighted by Crippen LogP contribution is -2.40. The van der Waals surface area contributed by atoms with Gasteiger partial charge in [-0.25, -0.2) is 9.18 Å². The Morgan fingerprint density at radius 3 is 2.94 bits per heavy atom. The number of aliphatic carboxylic acids is 1. The highest BCUT2D eigenvalue weighted by Gasteiger charge is 2.27. The van der Waals surface area contributed by atoms with Crippen molar-refractivity contribution in [1.29, 1.82) is 0 Å². The fourth-order valence-electron chi connectivity index (χ4n) is 1.98. The molecular weight excluding hydrogens is 239 g/mol. The van der Waals surface area contributed by atoms with Gasteiger partial charge in [-0.1, -0.05) is 12.1 Å². The molecule has 5 nitrogen and oxygen atoms in total. The van der Waals surface area contributed by atoms with Crippen LogP contribution in [0, 0.1) is 5.82 Å². The first-order chi connectivity index (χ1) is 8.59. The molecule has 1 aromatic carbocycles. The molecule has 0 bridgehead atoms. The molecule has 1 aliphatic rings. The maximum Gasteiger partial charge on any atom is 0.322 e. The first-order valence-electron chi connectivity index (χ1n) is 5.64. The largest absolute Gasteiger partial charge is 0.481 e. The number of nitrogens with zero attached hydrogens (tertiary/aromatic N) is 1. The van der Waals surface area contributed by atoms with Gasteiger partial charge in [-0.05, 0) is 18.1 Å². The van der Waals surface area contributed by atoms with Crippen molar-refractivity contribution in [3.8, 4) is 0 Å². The highest BCUT2D eigenvalue weighted by molar-refractivity contribution is 5.94. The predicted octanol–water partition coefficient (Wildman–Crippen LogP) is 1.37. The van der Waals surface area contributed by atoms with E-state index in [2.05, 4.69) is 5.32 Å². The zero-order valence-corrected chi connectivity index (χ0v) is 9.65. The van der Waals surface area contributed by atoms with E-state index in [-0.39, 0.29) is 13.0 Å². The molecule has 1 heterocycles. The molecule has 0 atom stereocenters. The monoisotopic (exact) mass is 252 g/mol. The molecule has 0 spiro atoms. The Hall–Kier alpha value is -2.11. The second-order valence-corrected chi connectivity index (χ2v) is 4.02. The third-order valence-corrected chi connectivity index (χ3v) is 2.81. The fraction of sp³-hybridized carbons (Fsp3) is 0.333. The van der Waals surface area contributed by atoms with Crippen molar-refractivity contribution in [2.45, 2.75) is 12.8 Å². The Labute approximate surface area is 103 Å². The molecule has 2 rings (SSSR count). The lowest BCUT2D eigenvalue weighted by Gasteiger charge is -2.18. The Balaban J connectivity index is 2.04. The van der Waals surface area contributed by atoms with Crippen LogP contribution in [-0.2, 0) is 11.2 Å². The predicted molar refractivity (Wildman–Crippen MR) is 63.1 cm³/mol. The number of nitrogens with one attached hydrogen (secondary N) is 1. The lowest BCUT2D eigenvalue weighted by molar-refractivity contribution is -0.136. The van der Waals surface area contributed by atoms with Gasteiger partial charge < -0.3 is 10.4 Å². The highest BCUT2D eigenvalue weighted by Crippen LogP contribution is 2.30. The molecule has 0 aliphatic carbocycles. The number of halogens is 1. The Morgan fingerprint density at radius 1 is 1.44 bits per heavy atom. The van der Waals surface area contributed by atoms with Gasteiger partial charge in [0, 0.05) is 13.1 Å². The van der Waals surface area contributed by atoms with E-state index < -0.39 is 17.8 Å². The Kier molecular flexibility index (Phi) is 3.45. The summed E-state index contributed by atoms with van der Waals surface area (Å²) in [4.78, 5) is 23.4. The van der Waals surface area contributed by atoms with E-state index in [9.17, 15) is 14.0 Å². The summed E-state index contributed by atoms with van der Waals surface area (Å²) in [5.41, 5.74) is 1.09. The van der Waals surface area contributed by atoms with Crippen LogP contribution >= 0.6 is 0 Å². The van der Waals surface area contributed by atoms with Gasteiger partial charge in [0.05, 0.1) is 12.1 Å². The van der Waals surface area contributed by atoms with Crippen LogP contribution in [0.25, 0.3) is 0 Å². The number of hydrogen-bond acceptors (Lipinski definition) is 2. The maximum atomic E-state index is 13.6. The maximum absolute atomic E-state index is 13.6. The highest BCUT2D eigenvalue weighted by atomic mass is 19.1. The molecule has 2 N–H and O–H groups in total. The van der Waals surface area contributed by atoms with E-state index in [1.165, 1.54) is 11.0 Å². The van der Waals surface area contributed by atoms with Gasteiger partial charge in [-0.3, -0.25) is 9.69 Å². The molecule has 1 aliphatic heterocycles. The number of benzene rings is 1. The second kappa shape index (κ2) is 5.03. The number of carbonyl (C=O) groups excluding carboxylic acids is 1. The molecule has 0 radical (unpaired) electrons. The van der Waals surface area contributed by atoms with Crippen LogP contribution in [0.5, 0.6) is 0 Å². The number of urea groups is 1. The third kappa shape index (κ3) is 2.42. The van der Waals surface area contributed by atoms with Gasteiger partial charge >= 0.3 is 12.0 Å². The van der Waals surface area contributed by atoms with Gasteiger partial charge in [0.2, 0.25) is 0 Å². The number of anilines is 1. The summed E-state index contributed by atoms with van der Waals surface area (Å²) < 4.78 is 13.6. The van der Waals surface area contributed by atoms with Crippen LogP contribution in [0.4, 0.5) is 14.9 Å². The fourth-order valence-corrected chi connectivity index (χ4v) is 1.98. The molecule has 0 aromatic heterocycles. The first-order valence-corrected chi connectivity index (χ1v) is 5.64. The number of hydrogen-bond donors (Lipinski definition) is 2. The normalized spacial score (nSPS) is 13.3. The minimum atomic E-state index is -0.983. The summed E-state index contributed by atoms with van der Waals surface area (Å²) in [7, 11) is 0. The van der Waals surface area contributed by atoms with E-state index in [1.807, 2.05) is 0 Å². The molecule has 0 unspecified atom stereocenters. The van der Waals surface area contributed by atoms with Crippen LogP contribution < -0.4 is 10.2 Å². The number of rotatable bonds is 3. The summed E-state index contributed by atoms with van der Waals surface area (Å²) in [5.74, 6) is -1.42. The molecule has 96 valence electrons. The van der Waals surface area contributed by atoms with Crippen molar-refractivity contribution < 1.29 is 19.1 Å². The van der Waals surface area contributed by atoms with E-state index in [1.54, 1.807) is 12.1 Å². The van der Waals surface area contributed by atoms with Crippen molar-refractivity contribution in [2.75, 3.05) is 18.0 Å². The standard InChI is InChI=1S/C12H13FN2O3/c13-9-3-1-2-8-5-7-15(11(8)9)12(18)14-6-4-10(16)17/h1-3H,4-7H2,(H,14,18)(H,16,17). The summed E-state index contributed by atoms with van der Waals surface area (Å²) in [5, 5.41) is 10.9. The minimum absolute atomic E-state index is 0.0362. The van der Waals surface area contributed by atoms with Gasteiger partial charge in [-0.2, -0.15) is 0 Å². The average Bonchev–Trinajstić information content (AvgIpc) is 2.73. The van der Waals surface area contributed by atoms with Gasteiger partial charge in [0.15, 0.2) is 0 Å².